The monoisotopic (exact) mass is 142 g/mol. The van der Waals surface area contributed by atoms with E-state index in [2.05, 4.69) is 13.8 Å². The lowest BCUT2D eigenvalue weighted by Gasteiger charge is -2.50. The average molecular weight is 142 g/mol. The van der Waals surface area contributed by atoms with Crippen LogP contribution >= 0.6 is 0 Å². The van der Waals surface area contributed by atoms with Gasteiger partial charge < -0.3 is 9.47 Å². The topological polar surface area (TPSA) is 18.5 Å². The maximum atomic E-state index is 5.53. The van der Waals surface area contributed by atoms with Crippen molar-refractivity contribution in [1.82, 2.24) is 0 Å². The SMILES string of the molecule is CC1C(C)C2OCCOC12. The Morgan fingerprint density at radius 1 is 0.900 bits per heavy atom. The number of hydrogen-bond donors (Lipinski definition) is 0. The molecule has 1 aliphatic heterocycles. The van der Waals surface area contributed by atoms with Gasteiger partial charge in [0.05, 0.1) is 25.4 Å². The van der Waals surface area contributed by atoms with Gasteiger partial charge in [0.1, 0.15) is 0 Å². The maximum Gasteiger partial charge on any atom is 0.0869 e. The molecule has 1 saturated carbocycles. The summed E-state index contributed by atoms with van der Waals surface area (Å²) in [4.78, 5) is 0. The molecule has 0 bridgehead atoms. The molecule has 0 aromatic carbocycles. The Kier molecular flexibility index (Phi) is 1.46. The second-order valence-corrected chi connectivity index (χ2v) is 3.39. The van der Waals surface area contributed by atoms with Crippen molar-refractivity contribution < 1.29 is 9.47 Å². The van der Waals surface area contributed by atoms with E-state index in [1.807, 2.05) is 0 Å². The van der Waals surface area contributed by atoms with Crippen LogP contribution in [-0.4, -0.2) is 25.4 Å². The first-order valence-corrected chi connectivity index (χ1v) is 4.04. The summed E-state index contributed by atoms with van der Waals surface area (Å²) >= 11 is 0. The first kappa shape index (κ1) is 6.62. The first-order valence-electron chi connectivity index (χ1n) is 4.04. The highest BCUT2D eigenvalue weighted by molar-refractivity contribution is 4.96. The van der Waals surface area contributed by atoms with Gasteiger partial charge in [-0.3, -0.25) is 0 Å². The highest BCUT2D eigenvalue weighted by Gasteiger charge is 2.48. The quantitative estimate of drug-likeness (QED) is 0.503. The van der Waals surface area contributed by atoms with Crippen molar-refractivity contribution >= 4 is 0 Å². The minimum absolute atomic E-state index is 0.406. The average Bonchev–Trinajstić information content (AvgIpc) is 2.03. The molecular formula is C8H14O2. The van der Waals surface area contributed by atoms with E-state index in [4.69, 9.17) is 9.47 Å². The van der Waals surface area contributed by atoms with Crippen LogP contribution in [0.5, 0.6) is 0 Å². The largest absolute Gasteiger partial charge is 0.373 e. The predicted octanol–water partition coefficient (Wildman–Crippen LogP) is 1.06. The van der Waals surface area contributed by atoms with Gasteiger partial charge in [-0.1, -0.05) is 13.8 Å². The summed E-state index contributed by atoms with van der Waals surface area (Å²) in [5, 5.41) is 0. The van der Waals surface area contributed by atoms with Crippen molar-refractivity contribution in [3.05, 3.63) is 0 Å². The van der Waals surface area contributed by atoms with Crippen LogP contribution in [0.15, 0.2) is 0 Å². The molecule has 2 nitrogen and oxygen atoms in total. The van der Waals surface area contributed by atoms with Crippen LogP contribution in [0.25, 0.3) is 0 Å². The third-order valence-corrected chi connectivity index (χ3v) is 2.89. The van der Waals surface area contributed by atoms with Crippen LogP contribution < -0.4 is 0 Å². The van der Waals surface area contributed by atoms with Crippen molar-refractivity contribution in [3.8, 4) is 0 Å². The molecule has 0 spiro atoms. The van der Waals surface area contributed by atoms with Gasteiger partial charge in [-0.15, -0.1) is 0 Å². The Morgan fingerprint density at radius 2 is 1.30 bits per heavy atom. The van der Waals surface area contributed by atoms with Crippen LogP contribution in [0.3, 0.4) is 0 Å². The Hall–Kier alpha value is -0.0800. The zero-order chi connectivity index (χ0) is 7.14. The van der Waals surface area contributed by atoms with Crippen molar-refractivity contribution in [2.24, 2.45) is 11.8 Å². The van der Waals surface area contributed by atoms with E-state index in [0.717, 1.165) is 13.2 Å². The molecule has 0 N–H and O–H groups in total. The van der Waals surface area contributed by atoms with E-state index < -0.39 is 0 Å². The lowest BCUT2D eigenvalue weighted by molar-refractivity contribution is -0.241. The van der Waals surface area contributed by atoms with Crippen molar-refractivity contribution in [2.75, 3.05) is 13.2 Å². The fourth-order valence-corrected chi connectivity index (χ4v) is 1.91. The van der Waals surface area contributed by atoms with Crippen LogP contribution in [-0.2, 0) is 9.47 Å². The van der Waals surface area contributed by atoms with Crippen molar-refractivity contribution in [3.63, 3.8) is 0 Å². The van der Waals surface area contributed by atoms with Crippen molar-refractivity contribution in [1.29, 1.82) is 0 Å². The second kappa shape index (κ2) is 2.21. The zero-order valence-corrected chi connectivity index (χ0v) is 6.54. The van der Waals surface area contributed by atoms with Gasteiger partial charge in [0.25, 0.3) is 0 Å². The summed E-state index contributed by atoms with van der Waals surface area (Å²) in [7, 11) is 0. The molecule has 1 heterocycles. The number of fused-ring (bicyclic) bond motifs is 1. The van der Waals surface area contributed by atoms with Gasteiger partial charge in [-0.05, 0) is 11.8 Å². The Balaban J connectivity index is 2.00. The highest BCUT2D eigenvalue weighted by Crippen LogP contribution is 2.40. The number of ether oxygens (including phenoxy) is 2. The van der Waals surface area contributed by atoms with E-state index >= 15 is 0 Å². The fraction of sp³-hybridized carbons (Fsp3) is 1.00. The molecule has 1 aliphatic carbocycles. The molecule has 2 fully saturated rings. The van der Waals surface area contributed by atoms with Gasteiger partial charge in [-0.25, -0.2) is 0 Å². The van der Waals surface area contributed by atoms with Gasteiger partial charge >= 0.3 is 0 Å². The summed E-state index contributed by atoms with van der Waals surface area (Å²) in [6.45, 7) is 6.05. The van der Waals surface area contributed by atoms with E-state index in [-0.39, 0.29) is 0 Å². The lowest BCUT2D eigenvalue weighted by atomic mass is 9.70. The Bertz CT molecular complexity index is 119. The fourth-order valence-electron chi connectivity index (χ4n) is 1.91. The van der Waals surface area contributed by atoms with E-state index in [0.29, 0.717) is 24.0 Å². The van der Waals surface area contributed by atoms with Gasteiger partial charge in [0.15, 0.2) is 0 Å². The molecule has 0 amide bonds. The summed E-state index contributed by atoms with van der Waals surface area (Å²) in [5.41, 5.74) is 0. The lowest BCUT2D eigenvalue weighted by Crippen LogP contribution is -2.58. The molecule has 2 aliphatic rings. The van der Waals surface area contributed by atoms with Gasteiger partial charge in [0, 0.05) is 0 Å². The standard InChI is InChI=1S/C8H14O2/c1-5-6(2)8-7(5)9-3-4-10-8/h5-8H,3-4H2,1-2H3. The minimum Gasteiger partial charge on any atom is -0.373 e. The second-order valence-electron chi connectivity index (χ2n) is 3.39. The summed E-state index contributed by atoms with van der Waals surface area (Å²) < 4.78 is 11.1. The molecule has 4 atom stereocenters. The molecule has 1 saturated heterocycles. The van der Waals surface area contributed by atoms with E-state index in [1.165, 1.54) is 0 Å². The zero-order valence-electron chi connectivity index (χ0n) is 6.54. The third kappa shape index (κ3) is 0.722. The maximum absolute atomic E-state index is 5.53. The third-order valence-electron chi connectivity index (χ3n) is 2.89. The molecule has 10 heavy (non-hydrogen) atoms. The van der Waals surface area contributed by atoms with Crippen LogP contribution in [0, 0.1) is 11.8 Å². The van der Waals surface area contributed by atoms with Gasteiger partial charge in [-0.2, -0.15) is 0 Å². The number of rotatable bonds is 0. The molecule has 2 rings (SSSR count). The van der Waals surface area contributed by atoms with E-state index in [9.17, 15) is 0 Å². The Morgan fingerprint density at radius 3 is 1.70 bits per heavy atom. The minimum atomic E-state index is 0.406. The summed E-state index contributed by atoms with van der Waals surface area (Å²) in [5.74, 6) is 1.40. The van der Waals surface area contributed by atoms with Crippen LogP contribution in [0.2, 0.25) is 0 Å². The van der Waals surface area contributed by atoms with Crippen LogP contribution in [0.1, 0.15) is 13.8 Å². The molecule has 58 valence electrons. The summed E-state index contributed by atoms with van der Waals surface area (Å²) in [6.07, 6.45) is 0.812. The molecule has 0 aromatic heterocycles. The summed E-state index contributed by atoms with van der Waals surface area (Å²) in [6, 6.07) is 0. The number of hydrogen-bond acceptors (Lipinski definition) is 2. The van der Waals surface area contributed by atoms with Crippen LogP contribution in [0.4, 0.5) is 0 Å². The molecule has 4 unspecified atom stereocenters. The molecule has 0 radical (unpaired) electrons. The molecule has 2 heteroatoms. The molecular weight excluding hydrogens is 128 g/mol. The van der Waals surface area contributed by atoms with Gasteiger partial charge in [0.2, 0.25) is 0 Å². The normalized spacial score (nSPS) is 53.4. The Labute approximate surface area is 61.5 Å². The first-order chi connectivity index (χ1) is 4.80. The van der Waals surface area contributed by atoms with E-state index in [1.54, 1.807) is 0 Å². The predicted molar refractivity (Wildman–Crippen MR) is 37.8 cm³/mol. The highest BCUT2D eigenvalue weighted by atomic mass is 16.6. The van der Waals surface area contributed by atoms with Crippen molar-refractivity contribution in [2.45, 2.75) is 26.1 Å². The molecule has 0 aromatic rings. The smallest absolute Gasteiger partial charge is 0.0869 e.